The van der Waals surface area contributed by atoms with Crippen LogP contribution in [0, 0.1) is 5.82 Å². The van der Waals surface area contributed by atoms with Crippen LogP contribution in [-0.2, 0) is 0 Å². The topological polar surface area (TPSA) is 51.8 Å². The van der Waals surface area contributed by atoms with Gasteiger partial charge in [-0.2, -0.15) is 10.2 Å². The summed E-state index contributed by atoms with van der Waals surface area (Å²) in [7, 11) is 0. The van der Waals surface area contributed by atoms with Gasteiger partial charge in [-0.3, -0.25) is 0 Å². The molecule has 0 bridgehead atoms. The zero-order valence-corrected chi connectivity index (χ0v) is 7.31. The van der Waals surface area contributed by atoms with Crippen LogP contribution in [0.25, 0.3) is 11.3 Å². The second kappa shape index (κ2) is 3.41. The number of benzene rings is 1. The number of aromatic nitrogens is 2. The fourth-order valence-corrected chi connectivity index (χ4v) is 1.14. The van der Waals surface area contributed by atoms with Crippen molar-refractivity contribution in [1.82, 2.24) is 10.2 Å². The zero-order chi connectivity index (χ0) is 9.97. The number of nitrogen functional groups attached to an aromatic ring is 1. The molecule has 0 aliphatic rings. The lowest BCUT2D eigenvalue weighted by molar-refractivity contribution is 0.628. The van der Waals surface area contributed by atoms with E-state index < -0.39 is 0 Å². The Morgan fingerprint density at radius 1 is 1.14 bits per heavy atom. The van der Waals surface area contributed by atoms with Gasteiger partial charge in [0.25, 0.3) is 0 Å². The fourth-order valence-electron chi connectivity index (χ4n) is 1.14. The predicted molar refractivity (Wildman–Crippen MR) is 51.8 cm³/mol. The Kier molecular flexibility index (Phi) is 2.10. The maximum absolute atomic E-state index is 12.6. The number of nitrogens with zero attached hydrogens (tertiary/aromatic N) is 2. The summed E-state index contributed by atoms with van der Waals surface area (Å²) in [4.78, 5) is 0. The van der Waals surface area contributed by atoms with Crippen LogP contribution < -0.4 is 5.73 Å². The summed E-state index contributed by atoms with van der Waals surface area (Å²) < 4.78 is 12.6. The minimum Gasteiger partial charge on any atom is -0.397 e. The van der Waals surface area contributed by atoms with E-state index in [2.05, 4.69) is 10.2 Å². The van der Waals surface area contributed by atoms with Crippen LogP contribution in [0.2, 0.25) is 0 Å². The highest BCUT2D eigenvalue weighted by Crippen LogP contribution is 2.17. The summed E-state index contributed by atoms with van der Waals surface area (Å²) in [5.74, 6) is -0.273. The Balaban J connectivity index is 2.44. The molecule has 70 valence electrons. The van der Waals surface area contributed by atoms with Crippen molar-refractivity contribution in [2.24, 2.45) is 0 Å². The SMILES string of the molecule is Nc1cnnc(-c2ccc(F)cc2)c1. The first-order valence-electron chi connectivity index (χ1n) is 4.10. The molecule has 2 aromatic rings. The van der Waals surface area contributed by atoms with E-state index in [0.717, 1.165) is 5.56 Å². The second-order valence-corrected chi connectivity index (χ2v) is 2.88. The normalized spacial score (nSPS) is 10.1. The molecule has 2 N–H and O–H groups in total. The molecule has 0 unspecified atom stereocenters. The Labute approximate surface area is 80.4 Å². The molecule has 0 radical (unpaired) electrons. The second-order valence-electron chi connectivity index (χ2n) is 2.88. The molecule has 0 aliphatic carbocycles. The third kappa shape index (κ3) is 1.69. The maximum Gasteiger partial charge on any atom is 0.123 e. The van der Waals surface area contributed by atoms with Crippen LogP contribution in [0.1, 0.15) is 0 Å². The third-order valence-electron chi connectivity index (χ3n) is 1.82. The number of rotatable bonds is 1. The first kappa shape index (κ1) is 8.62. The highest BCUT2D eigenvalue weighted by Gasteiger charge is 2.00. The number of halogens is 1. The molecule has 0 amide bonds. The maximum atomic E-state index is 12.6. The van der Waals surface area contributed by atoms with E-state index >= 15 is 0 Å². The summed E-state index contributed by atoms with van der Waals surface area (Å²) in [6, 6.07) is 7.72. The van der Waals surface area contributed by atoms with Crippen molar-refractivity contribution >= 4 is 5.69 Å². The highest BCUT2D eigenvalue weighted by molar-refractivity contribution is 5.61. The van der Waals surface area contributed by atoms with Crippen LogP contribution in [-0.4, -0.2) is 10.2 Å². The van der Waals surface area contributed by atoms with Gasteiger partial charge in [-0.25, -0.2) is 4.39 Å². The van der Waals surface area contributed by atoms with Gasteiger partial charge in [-0.1, -0.05) is 0 Å². The van der Waals surface area contributed by atoms with Crippen molar-refractivity contribution in [2.45, 2.75) is 0 Å². The number of anilines is 1. The van der Waals surface area contributed by atoms with Gasteiger partial charge in [0.15, 0.2) is 0 Å². The van der Waals surface area contributed by atoms with Crippen molar-refractivity contribution in [3.8, 4) is 11.3 Å². The zero-order valence-electron chi connectivity index (χ0n) is 7.31. The molecule has 0 spiro atoms. The molecule has 0 saturated carbocycles. The summed E-state index contributed by atoms with van der Waals surface area (Å²) in [6.45, 7) is 0. The molecule has 0 aliphatic heterocycles. The van der Waals surface area contributed by atoms with Crippen molar-refractivity contribution in [3.63, 3.8) is 0 Å². The first-order valence-corrected chi connectivity index (χ1v) is 4.10. The molecule has 14 heavy (non-hydrogen) atoms. The van der Waals surface area contributed by atoms with Crippen LogP contribution >= 0.6 is 0 Å². The molecule has 1 aromatic carbocycles. The lowest BCUT2D eigenvalue weighted by Crippen LogP contribution is -1.91. The van der Waals surface area contributed by atoms with Gasteiger partial charge in [0.2, 0.25) is 0 Å². The van der Waals surface area contributed by atoms with E-state index in [9.17, 15) is 4.39 Å². The Hall–Kier alpha value is -1.97. The standard InChI is InChI=1S/C10H8FN3/c11-8-3-1-7(2-4-8)10-5-9(12)6-13-14-10/h1-6H,(H2,12,14). The van der Waals surface area contributed by atoms with Crippen molar-refractivity contribution < 1.29 is 4.39 Å². The molecular weight excluding hydrogens is 181 g/mol. The number of hydrogen-bond acceptors (Lipinski definition) is 3. The molecule has 3 nitrogen and oxygen atoms in total. The monoisotopic (exact) mass is 189 g/mol. The first-order chi connectivity index (χ1) is 6.75. The van der Waals surface area contributed by atoms with Crippen molar-refractivity contribution in [3.05, 3.63) is 42.3 Å². The van der Waals surface area contributed by atoms with E-state index in [-0.39, 0.29) is 5.82 Å². The van der Waals surface area contributed by atoms with Gasteiger partial charge in [0, 0.05) is 5.56 Å². The molecular formula is C10H8FN3. The van der Waals surface area contributed by atoms with Crippen LogP contribution in [0.3, 0.4) is 0 Å². The van der Waals surface area contributed by atoms with E-state index in [1.54, 1.807) is 18.2 Å². The minimum atomic E-state index is -0.273. The quantitative estimate of drug-likeness (QED) is 0.744. The van der Waals surface area contributed by atoms with E-state index in [1.807, 2.05) is 0 Å². The average molecular weight is 189 g/mol. The third-order valence-corrected chi connectivity index (χ3v) is 1.82. The Morgan fingerprint density at radius 2 is 1.86 bits per heavy atom. The van der Waals surface area contributed by atoms with Gasteiger partial charge < -0.3 is 5.73 Å². The lowest BCUT2D eigenvalue weighted by Gasteiger charge is -1.99. The van der Waals surface area contributed by atoms with Crippen LogP contribution in [0.5, 0.6) is 0 Å². The van der Waals surface area contributed by atoms with Crippen molar-refractivity contribution in [1.29, 1.82) is 0 Å². The van der Waals surface area contributed by atoms with Gasteiger partial charge >= 0.3 is 0 Å². The summed E-state index contributed by atoms with van der Waals surface area (Å²) in [6.07, 6.45) is 1.47. The van der Waals surface area contributed by atoms with Gasteiger partial charge in [0.05, 0.1) is 17.6 Å². The number of nitrogens with two attached hydrogens (primary N) is 1. The molecule has 0 saturated heterocycles. The lowest BCUT2D eigenvalue weighted by atomic mass is 10.1. The smallest absolute Gasteiger partial charge is 0.123 e. The molecule has 2 rings (SSSR count). The summed E-state index contributed by atoms with van der Waals surface area (Å²) in [5.41, 5.74) is 7.53. The molecule has 4 heteroatoms. The fraction of sp³-hybridized carbons (Fsp3) is 0. The average Bonchev–Trinajstić information content (AvgIpc) is 2.19. The van der Waals surface area contributed by atoms with Crippen LogP contribution in [0.15, 0.2) is 36.5 Å². The molecule has 0 atom stereocenters. The van der Waals surface area contributed by atoms with Crippen LogP contribution in [0.4, 0.5) is 10.1 Å². The van der Waals surface area contributed by atoms with Crippen molar-refractivity contribution in [2.75, 3.05) is 5.73 Å². The van der Waals surface area contributed by atoms with E-state index in [0.29, 0.717) is 11.4 Å². The molecule has 0 fully saturated rings. The van der Waals surface area contributed by atoms with Gasteiger partial charge in [0.1, 0.15) is 5.82 Å². The van der Waals surface area contributed by atoms with E-state index in [1.165, 1.54) is 18.3 Å². The van der Waals surface area contributed by atoms with Gasteiger partial charge in [-0.15, -0.1) is 0 Å². The number of hydrogen-bond donors (Lipinski definition) is 1. The summed E-state index contributed by atoms with van der Waals surface area (Å²) in [5, 5.41) is 7.60. The Morgan fingerprint density at radius 3 is 2.50 bits per heavy atom. The largest absolute Gasteiger partial charge is 0.397 e. The summed E-state index contributed by atoms with van der Waals surface area (Å²) >= 11 is 0. The molecule has 1 heterocycles. The highest BCUT2D eigenvalue weighted by atomic mass is 19.1. The predicted octanol–water partition coefficient (Wildman–Crippen LogP) is 1.86. The van der Waals surface area contributed by atoms with Gasteiger partial charge in [-0.05, 0) is 30.3 Å². The minimum absolute atomic E-state index is 0.273. The molecule has 1 aromatic heterocycles. The Bertz CT molecular complexity index is 439. The van der Waals surface area contributed by atoms with E-state index in [4.69, 9.17) is 5.73 Å².